The predicted molar refractivity (Wildman–Crippen MR) is 90.1 cm³/mol. The van der Waals surface area contributed by atoms with E-state index in [1.165, 1.54) is 12.3 Å². The van der Waals surface area contributed by atoms with Crippen molar-refractivity contribution in [3.05, 3.63) is 28.4 Å². The molecule has 2 heterocycles. The number of anilines is 1. The lowest BCUT2D eigenvalue weighted by Gasteiger charge is -2.45. The maximum absolute atomic E-state index is 12.4. The molecule has 0 aromatic carbocycles. The molecule has 0 bridgehead atoms. The fraction of sp³-hybridized carbons (Fsp3) is 0.625. The van der Waals surface area contributed by atoms with Crippen LogP contribution >= 0.6 is 0 Å². The van der Waals surface area contributed by atoms with E-state index < -0.39 is 10.5 Å². The molecule has 1 aliphatic rings. The number of hydrogen-bond acceptors (Lipinski definition) is 6. The number of aromatic nitrogens is 1. The van der Waals surface area contributed by atoms with Crippen molar-refractivity contribution in [2.24, 2.45) is 0 Å². The van der Waals surface area contributed by atoms with E-state index >= 15 is 0 Å². The molecule has 132 valence electrons. The number of carbonyl (C=O) groups excluding carboxylic acids is 1. The molecule has 1 fully saturated rings. The quantitative estimate of drug-likeness (QED) is 0.609. The Balaban J connectivity index is 2.09. The summed E-state index contributed by atoms with van der Waals surface area (Å²) in [6.45, 7) is 10.7. The number of nitro groups is 1. The van der Waals surface area contributed by atoms with E-state index in [9.17, 15) is 14.9 Å². The lowest BCUT2D eigenvalue weighted by Crippen LogP contribution is -2.59. The van der Waals surface area contributed by atoms with Gasteiger partial charge in [-0.1, -0.05) is 0 Å². The van der Waals surface area contributed by atoms with Crippen molar-refractivity contribution in [3.8, 4) is 0 Å². The Bertz CT molecular complexity index is 599. The van der Waals surface area contributed by atoms with Gasteiger partial charge in [0.2, 0.25) is 0 Å². The smallest absolute Gasteiger partial charge is 0.410 e. The van der Waals surface area contributed by atoms with Crippen molar-refractivity contribution < 1.29 is 14.5 Å². The van der Waals surface area contributed by atoms with E-state index in [0.717, 1.165) is 5.69 Å². The monoisotopic (exact) mass is 336 g/mol. The summed E-state index contributed by atoms with van der Waals surface area (Å²) in [6, 6.07) is 3.00. The van der Waals surface area contributed by atoms with Crippen molar-refractivity contribution in [1.29, 1.82) is 0 Å². The first-order chi connectivity index (χ1) is 11.1. The van der Waals surface area contributed by atoms with Crippen LogP contribution in [0.4, 0.5) is 16.3 Å². The third kappa shape index (κ3) is 4.12. The summed E-state index contributed by atoms with van der Waals surface area (Å²) < 4.78 is 5.48. The zero-order valence-electron chi connectivity index (χ0n) is 14.7. The highest BCUT2D eigenvalue weighted by Crippen LogP contribution is 2.24. The van der Waals surface area contributed by atoms with Gasteiger partial charge in [0.05, 0.1) is 17.8 Å². The third-order valence-corrected chi connectivity index (χ3v) is 3.81. The molecular formula is C16H24N4O4. The van der Waals surface area contributed by atoms with Gasteiger partial charge in [0.1, 0.15) is 5.60 Å². The van der Waals surface area contributed by atoms with Gasteiger partial charge in [-0.25, -0.2) is 4.79 Å². The number of nitrogens with zero attached hydrogens (tertiary/aromatic N) is 4. The van der Waals surface area contributed by atoms with Crippen LogP contribution < -0.4 is 4.90 Å². The molecular weight excluding hydrogens is 312 g/mol. The van der Waals surface area contributed by atoms with Crippen LogP contribution in [-0.4, -0.2) is 51.7 Å². The number of carbonyl (C=O) groups is 1. The van der Waals surface area contributed by atoms with Crippen LogP contribution in [0.25, 0.3) is 0 Å². The molecule has 2 rings (SSSR count). The SMILES string of the molecule is CC1CN(c2ccc([N+](=O)[O-])nc2)CC(C)N1C(=O)OC(C)(C)C. The summed E-state index contributed by atoms with van der Waals surface area (Å²) in [5.74, 6) is -0.174. The van der Waals surface area contributed by atoms with Crippen LogP contribution in [0, 0.1) is 10.1 Å². The molecule has 1 aromatic rings. The number of amides is 1. The standard InChI is InChI=1S/C16H24N4O4/c1-11-9-18(13-6-7-14(17-8-13)20(22)23)10-12(2)19(11)15(21)24-16(3,4)5/h6-8,11-12H,9-10H2,1-5H3. The van der Waals surface area contributed by atoms with Gasteiger partial charge in [-0.15, -0.1) is 0 Å². The highest BCUT2D eigenvalue weighted by Gasteiger charge is 2.35. The van der Waals surface area contributed by atoms with Gasteiger partial charge in [0.25, 0.3) is 0 Å². The Kier molecular flexibility index (Phi) is 4.96. The summed E-state index contributed by atoms with van der Waals surface area (Å²) in [6.07, 6.45) is 1.18. The highest BCUT2D eigenvalue weighted by atomic mass is 16.6. The first-order valence-electron chi connectivity index (χ1n) is 7.95. The van der Waals surface area contributed by atoms with E-state index in [4.69, 9.17) is 4.74 Å². The van der Waals surface area contributed by atoms with Crippen molar-refractivity contribution in [3.63, 3.8) is 0 Å². The van der Waals surface area contributed by atoms with Gasteiger partial charge in [0, 0.05) is 19.2 Å². The fourth-order valence-electron chi connectivity index (χ4n) is 2.88. The second kappa shape index (κ2) is 6.62. The number of ether oxygens (including phenoxy) is 1. The molecule has 1 amide bonds. The largest absolute Gasteiger partial charge is 0.444 e. The third-order valence-electron chi connectivity index (χ3n) is 3.81. The van der Waals surface area contributed by atoms with Crippen molar-refractivity contribution in [2.45, 2.75) is 52.3 Å². The van der Waals surface area contributed by atoms with Gasteiger partial charge < -0.3 is 19.8 Å². The predicted octanol–water partition coefficient (Wildman–Crippen LogP) is 2.82. The highest BCUT2D eigenvalue weighted by molar-refractivity contribution is 5.69. The van der Waals surface area contributed by atoms with Gasteiger partial charge in [-0.2, -0.15) is 0 Å². The van der Waals surface area contributed by atoms with E-state index in [1.807, 2.05) is 34.6 Å². The average Bonchev–Trinajstić information content (AvgIpc) is 2.44. The van der Waals surface area contributed by atoms with Gasteiger partial charge in [0.15, 0.2) is 6.20 Å². The molecule has 8 nitrogen and oxygen atoms in total. The fourth-order valence-corrected chi connectivity index (χ4v) is 2.88. The number of piperazine rings is 1. The van der Waals surface area contributed by atoms with Crippen LogP contribution in [0.2, 0.25) is 0 Å². The molecule has 1 aromatic heterocycles. The number of hydrogen-bond donors (Lipinski definition) is 0. The Morgan fingerprint density at radius 3 is 2.29 bits per heavy atom. The maximum atomic E-state index is 12.4. The topological polar surface area (TPSA) is 88.8 Å². The molecule has 0 aliphatic carbocycles. The summed E-state index contributed by atoms with van der Waals surface area (Å²) in [4.78, 5) is 30.3. The molecule has 24 heavy (non-hydrogen) atoms. The molecule has 0 radical (unpaired) electrons. The zero-order chi connectivity index (χ0) is 18.1. The van der Waals surface area contributed by atoms with E-state index in [1.54, 1.807) is 11.0 Å². The lowest BCUT2D eigenvalue weighted by molar-refractivity contribution is -0.389. The van der Waals surface area contributed by atoms with Crippen LogP contribution in [0.15, 0.2) is 18.3 Å². The van der Waals surface area contributed by atoms with Crippen molar-refractivity contribution in [1.82, 2.24) is 9.88 Å². The van der Waals surface area contributed by atoms with Crippen LogP contribution in [-0.2, 0) is 4.74 Å². The minimum atomic E-state index is -0.532. The maximum Gasteiger partial charge on any atom is 0.410 e. The number of pyridine rings is 1. The molecule has 2 atom stereocenters. The Morgan fingerprint density at radius 1 is 1.29 bits per heavy atom. The van der Waals surface area contributed by atoms with E-state index in [-0.39, 0.29) is 24.0 Å². The summed E-state index contributed by atoms with van der Waals surface area (Å²) in [5, 5.41) is 10.7. The Labute approximate surface area is 141 Å². The minimum absolute atomic E-state index is 0.0428. The molecule has 1 saturated heterocycles. The van der Waals surface area contributed by atoms with E-state index in [2.05, 4.69) is 9.88 Å². The second-order valence-corrected chi connectivity index (χ2v) is 7.12. The van der Waals surface area contributed by atoms with E-state index in [0.29, 0.717) is 13.1 Å². The first-order valence-corrected chi connectivity index (χ1v) is 7.95. The van der Waals surface area contributed by atoms with Crippen LogP contribution in [0.1, 0.15) is 34.6 Å². The Morgan fingerprint density at radius 2 is 1.88 bits per heavy atom. The van der Waals surface area contributed by atoms with Gasteiger partial charge in [-0.3, -0.25) is 4.90 Å². The molecule has 0 spiro atoms. The molecule has 0 N–H and O–H groups in total. The summed E-state index contributed by atoms with van der Waals surface area (Å²) in [5.41, 5.74) is 0.277. The number of rotatable bonds is 2. The lowest BCUT2D eigenvalue weighted by atomic mass is 10.1. The first kappa shape index (κ1) is 18.0. The second-order valence-electron chi connectivity index (χ2n) is 7.12. The van der Waals surface area contributed by atoms with Crippen LogP contribution in [0.3, 0.4) is 0 Å². The molecule has 1 aliphatic heterocycles. The zero-order valence-corrected chi connectivity index (χ0v) is 14.7. The average molecular weight is 336 g/mol. The summed E-state index contributed by atoms with van der Waals surface area (Å²) in [7, 11) is 0. The molecule has 0 saturated carbocycles. The van der Waals surface area contributed by atoms with Crippen LogP contribution in [0.5, 0.6) is 0 Å². The van der Waals surface area contributed by atoms with Crippen molar-refractivity contribution >= 4 is 17.6 Å². The van der Waals surface area contributed by atoms with Gasteiger partial charge in [-0.05, 0) is 50.6 Å². The van der Waals surface area contributed by atoms with Crippen molar-refractivity contribution in [2.75, 3.05) is 18.0 Å². The molecule has 8 heteroatoms. The molecule has 2 unspecified atom stereocenters. The normalized spacial score (nSPS) is 21.5. The summed E-state index contributed by atoms with van der Waals surface area (Å²) >= 11 is 0. The van der Waals surface area contributed by atoms with Gasteiger partial charge >= 0.3 is 11.9 Å². The Hall–Kier alpha value is -2.38. The minimum Gasteiger partial charge on any atom is -0.444 e.